The van der Waals surface area contributed by atoms with Gasteiger partial charge in [0.25, 0.3) is 0 Å². The molecule has 19 heteroatoms. The Morgan fingerprint density at radius 1 is 0.885 bits per heavy atom. The molecule has 0 fully saturated rings. The summed E-state index contributed by atoms with van der Waals surface area (Å²) in [7, 11) is 0. The molecule has 0 aliphatic carbocycles. The molecular formula is C42H57F2N7O8S2. The number of nitrogens with zero attached hydrogens (tertiary/aromatic N) is 2. The van der Waals surface area contributed by atoms with Gasteiger partial charge in [0.2, 0.25) is 23.6 Å². The van der Waals surface area contributed by atoms with Crippen LogP contribution in [-0.4, -0.2) is 117 Å². The van der Waals surface area contributed by atoms with Crippen molar-refractivity contribution < 1.29 is 47.8 Å². The number of hydrogen-bond acceptors (Lipinski definition) is 10. The maximum absolute atomic E-state index is 15.1. The van der Waals surface area contributed by atoms with Gasteiger partial charge >= 0.3 is 11.9 Å². The van der Waals surface area contributed by atoms with Crippen molar-refractivity contribution in [2.75, 3.05) is 50.0 Å². The van der Waals surface area contributed by atoms with Crippen LogP contribution in [0.15, 0.2) is 60.8 Å². The second-order valence-corrected chi connectivity index (χ2v) is 17.7. The number of aliphatic carboxylic acids is 2. The Labute approximate surface area is 363 Å². The topological polar surface area (TPSA) is 239 Å². The molecule has 1 heterocycles. The Balaban J connectivity index is 1.54. The van der Waals surface area contributed by atoms with Crippen LogP contribution in [0.1, 0.15) is 63.8 Å². The van der Waals surface area contributed by atoms with E-state index < -0.39 is 71.1 Å². The number of carbonyl (C=O) groups is 6. The third-order valence-electron chi connectivity index (χ3n) is 9.33. The Hall–Kier alpha value is -4.98. The number of aromatic nitrogens is 1. The van der Waals surface area contributed by atoms with Crippen molar-refractivity contribution in [1.29, 1.82) is 0 Å². The average molecular weight is 890 g/mol. The fourth-order valence-electron chi connectivity index (χ4n) is 6.33. The van der Waals surface area contributed by atoms with Crippen LogP contribution in [0.25, 0.3) is 11.1 Å². The number of halogens is 2. The molecule has 4 amide bonds. The number of benzene rings is 2. The van der Waals surface area contributed by atoms with E-state index in [0.29, 0.717) is 37.4 Å². The lowest BCUT2D eigenvalue weighted by Crippen LogP contribution is -2.44. The third-order valence-corrected chi connectivity index (χ3v) is 11.5. The Morgan fingerprint density at radius 2 is 1.57 bits per heavy atom. The van der Waals surface area contributed by atoms with Gasteiger partial charge in [-0.2, -0.15) is 11.8 Å². The van der Waals surface area contributed by atoms with Crippen molar-refractivity contribution >= 4 is 59.1 Å². The van der Waals surface area contributed by atoms with Gasteiger partial charge in [-0.3, -0.25) is 28.8 Å². The molecule has 0 radical (unpaired) electrons. The zero-order valence-electron chi connectivity index (χ0n) is 34.7. The lowest BCUT2D eigenvalue weighted by Gasteiger charge is -2.41. The van der Waals surface area contributed by atoms with Crippen LogP contribution >= 0.6 is 23.5 Å². The van der Waals surface area contributed by atoms with E-state index >= 15 is 4.39 Å². The summed E-state index contributed by atoms with van der Waals surface area (Å²) in [4.78, 5) is 75.2. The minimum atomic E-state index is -1.26. The number of carboxylic acids is 2. The van der Waals surface area contributed by atoms with Gasteiger partial charge in [0.05, 0.1) is 18.3 Å². The molecule has 2 aromatic carbocycles. The largest absolute Gasteiger partial charge is 0.480 e. The standard InChI is InChI=1S/C42H57F2N7O8S2/c1-42(2,3)39(33-20-28(30-21-29(43)10-11-31(30)44)25-50(33)24-27-8-5-4-6-9-27)51(17-7-14-45)38(55)26-60-18-13-35(52)47-15-16-48-37(54)23-49-36(53)22-34(41(58)59)61-19-12-32(46)40(56)57/h4-6,8-11,20-21,25,32,34,39H,7,12-19,22-24,26,45-46H2,1-3H3,(H,47,52)(H,48,54)(H,49,53)(H,56,57)(H,58,59)/t32-,34?,39-/m0/s1. The predicted molar refractivity (Wildman–Crippen MR) is 233 cm³/mol. The zero-order valence-corrected chi connectivity index (χ0v) is 36.3. The normalized spacial score (nSPS) is 12.8. The number of carboxylic acid groups (broad SMARTS) is 2. The molecule has 3 rings (SSSR count). The van der Waals surface area contributed by atoms with Gasteiger partial charge in [0, 0.05) is 67.8 Å². The van der Waals surface area contributed by atoms with E-state index in [9.17, 15) is 38.3 Å². The third kappa shape index (κ3) is 17.1. The van der Waals surface area contributed by atoms with Crippen molar-refractivity contribution in [3.8, 4) is 11.1 Å². The highest BCUT2D eigenvalue weighted by atomic mass is 32.2. The predicted octanol–water partition coefficient (Wildman–Crippen LogP) is 3.60. The zero-order chi connectivity index (χ0) is 45.1. The molecule has 61 heavy (non-hydrogen) atoms. The van der Waals surface area contributed by atoms with Crippen LogP contribution in [-0.2, 0) is 35.3 Å². The molecule has 9 N–H and O–H groups in total. The Morgan fingerprint density at radius 3 is 2.21 bits per heavy atom. The first-order chi connectivity index (χ1) is 28.9. The number of rotatable bonds is 26. The minimum absolute atomic E-state index is 0.0237. The molecule has 0 aliphatic heterocycles. The highest BCUT2D eigenvalue weighted by Gasteiger charge is 2.37. The maximum Gasteiger partial charge on any atom is 0.320 e. The quantitative estimate of drug-likeness (QED) is 0.0573. The highest BCUT2D eigenvalue weighted by Crippen LogP contribution is 2.41. The maximum atomic E-state index is 15.1. The van der Waals surface area contributed by atoms with Gasteiger partial charge < -0.3 is 47.1 Å². The van der Waals surface area contributed by atoms with Crippen LogP contribution in [0.2, 0.25) is 0 Å². The summed E-state index contributed by atoms with van der Waals surface area (Å²) >= 11 is 2.18. The average Bonchev–Trinajstić information content (AvgIpc) is 3.60. The molecule has 0 spiro atoms. The molecule has 0 bridgehead atoms. The summed E-state index contributed by atoms with van der Waals surface area (Å²) in [5.41, 5.74) is 13.2. The number of amides is 4. The summed E-state index contributed by atoms with van der Waals surface area (Å²) in [6.07, 6.45) is 2.00. The summed E-state index contributed by atoms with van der Waals surface area (Å²) in [5.74, 6) is -4.79. The second-order valence-electron chi connectivity index (χ2n) is 15.3. The molecule has 1 unspecified atom stereocenters. The van der Waals surface area contributed by atoms with Gasteiger partial charge in [-0.1, -0.05) is 51.1 Å². The minimum Gasteiger partial charge on any atom is -0.480 e. The molecular weight excluding hydrogens is 833 g/mol. The second kappa shape index (κ2) is 25.1. The smallest absolute Gasteiger partial charge is 0.320 e. The summed E-state index contributed by atoms with van der Waals surface area (Å²) in [5, 5.41) is 24.7. The first-order valence-corrected chi connectivity index (χ1v) is 22.0. The fourth-order valence-corrected chi connectivity index (χ4v) is 8.23. The van der Waals surface area contributed by atoms with Crippen LogP contribution in [0, 0.1) is 17.0 Å². The van der Waals surface area contributed by atoms with Gasteiger partial charge in [0.1, 0.15) is 22.9 Å². The molecule has 0 saturated carbocycles. The highest BCUT2D eigenvalue weighted by molar-refractivity contribution is 8.00. The van der Waals surface area contributed by atoms with Crippen molar-refractivity contribution in [3.05, 3.63) is 83.7 Å². The lowest BCUT2D eigenvalue weighted by molar-refractivity contribution is -0.139. The molecule has 334 valence electrons. The number of nitrogens with one attached hydrogen (secondary N) is 3. The summed E-state index contributed by atoms with van der Waals surface area (Å²) < 4.78 is 31.4. The molecule has 0 aliphatic rings. The van der Waals surface area contributed by atoms with Gasteiger partial charge in [-0.25, -0.2) is 8.78 Å². The number of nitrogens with two attached hydrogens (primary N) is 2. The van der Waals surface area contributed by atoms with E-state index in [0.717, 1.165) is 41.2 Å². The van der Waals surface area contributed by atoms with Crippen LogP contribution in [0.3, 0.4) is 0 Å². The van der Waals surface area contributed by atoms with Crippen LogP contribution < -0.4 is 27.4 Å². The molecule has 0 saturated heterocycles. The first-order valence-electron chi connectivity index (χ1n) is 19.8. The summed E-state index contributed by atoms with van der Waals surface area (Å²) in [6, 6.07) is 13.2. The molecule has 3 aromatic rings. The lowest BCUT2D eigenvalue weighted by atomic mass is 9.83. The van der Waals surface area contributed by atoms with E-state index in [1.165, 1.54) is 11.8 Å². The van der Waals surface area contributed by atoms with E-state index in [1.807, 2.05) is 61.7 Å². The first kappa shape index (κ1) is 50.4. The number of carbonyl (C=O) groups excluding carboxylic acids is 4. The van der Waals surface area contributed by atoms with E-state index in [4.69, 9.17) is 16.6 Å². The molecule has 15 nitrogen and oxygen atoms in total. The van der Waals surface area contributed by atoms with Gasteiger partial charge in [-0.15, -0.1) is 11.8 Å². The van der Waals surface area contributed by atoms with Gasteiger partial charge in [0.15, 0.2) is 0 Å². The van der Waals surface area contributed by atoms with Crippen molar-refractivity contribution in [1.82, 2.24) is 25.4 Å². The molecule has 1 aromatic heterocycles. The monoisotopic (exact) mass is 889 g/mol. The Bertz CT molecular complexity index is 1950. The van der Waals surface area contributed by atoms with Crippen molar-refractivity contribution in [2.24, 2.45) is 16.9 Å². The van der Waals surface area contributed by atoms with Crippen LogP contribution in [0.4, 0.5) is 8.78 Å². The van der Waals surface area contributed by atoms with E-state index in [1.54, 1.807) is 11.1 Å². The number of hydrogen-bond donors (Lipinski definition) is 7. The van der Waals surface area contributed by atoms with Crippen molar-refractivity contribution in [2.45, 2.75) is 70.3 Å². The van der Waals surface area contributed by atoms with E-state index in [2.05, 4.69) is 16.0 Å². The van der Waals surface area contributed by atoms with Crippen LogP contribution in [0.5, 0.6) is 0 Å². The van der Waals surface area contributed by atoms with Gasteiger partial charge in [-0.05, 0) is 60.4 Å². The Kier molecular flexibility index (Phi) is 20.7. The van der Waals surface area contributed by atoms with Crippen molar-refractivity contribution in [3.63, 3.8) is 0 Å². The number of thioether (sulfide) groups is 2. The SMILES string of the molecule is CC(C)(C)[C@H](c1cc(-c2cc(F)ccc2F)cn1Cc1ccccc1)N(CCCN)C(=O)CSCCC(=O)NCCNC(=O)CNC(=O)CC(SCC[C@H](N)C(=O)O)C(=O)O. The summed E-state index contributed by atoms with van der Waals surface area (Å²) in [6.45, 7) is 6.91. The fraction of sp³-hybridized carbons (Fsp3) is 0.476. The molecule has 3 atom stereocenters. The van der Waals surface area contributed by atoms with E-state index in [-0.39, 0.29) is 54.8 Å².